The predicted molar refractivity (Wildman–Crippen MR) is 196 cm³/mol. The van der Waals surface area contributed by atoms with E-state index >= 15 is 0 Å². The van der Waals surface area contributed by atoms with Crippen molar-refractivity contribution in [3.8, 4) is 0 Å². The second-order valence-electron chi connectivity index (χ2n) is 13.7. The molecule has 0 fully saturated rings. The molecule has 1 atom stereocenters. The van der Waals surface area contributed by atoms with E-state index in [-0.39, 0.29) is 6.04 Å². The van der Waals surface area contributed by atoms with Crippen LogP contribution in [0.1, 0.15) is 206 Å². The summed E-state index contributed by atoms with van der Waals surface area (Å²) in [6.45, 7) is 4.55. The monoisotopic (exact) mass is 616 g/mol. The van der Waals surface area contributed by atoms with Crippen LogP contribution < -0.4 is 0 Å². The molecule has 0 saturated heterocycles. The number of likely N-dealkylation sites (N-methyl/N-ethyl adjacent to an activating group) is 1. The third-order valence-corrected chi connectivity index (χ3v) is 9.09. The third-order valence-electron chi connectivity index (χ3n) is 9.09. The molecular formula is C41H77NO2. The first-order valence-corrected chi connectivity index (χ1v) is 19.5. The average molecular weight is 616 g/mol. The molecular weight excluding hydrogens is 538 g/mol. The van der Waals surface area contributed by atoms with Crippen molar-refractivity contribution in [1.82, 2.24) is 4.90 Å². The number of Topliss-reactive ketones (excluding diaryl/α,β-unsaturated/α-hetero) is 2. The number of ketones is 2. The number of allylic oxidation sites excluding steroid dienone is 4. The van der Waals surface area contributed by atoms with Crippen LogP contribution in [-0.4, -0.2) is 36.6 Å². The highest BCUT2D eigenvalue weighted by molar-refractivity contribution is 5.85. The number of unbranched alkanes of at least 4 members (excludes halogenated alkanes) is 22. The summed E-state index contributed by atoms with van der Waals surface area (Å²) in [5.74, 6) is 0.657. The van der Waals surface area contributed by atoms with Gasteiger partial charge in [0.15, 0.2) is 0 Å². The fourth-order valence-corrected chi connectivity index (χ4v) is 6.06. The molecule has 1 unspecified atom stereocenters. The zero-order valence-corrected chi connectivity index (χ0v) is 30.4. The summed E-state index contributed by atoms with van der Waals surface area (Å²) in [5, 5.41) is 0. The van der Waals surface area contributed by atoms with Crippen LogP contribution in [0.3, 0.4) is 0 Å². The van der Waals surface area contributed by atoms with Gasteiger partial charge >= 0.3 is 0 Å². The number of rotatable bonds is 35. The summed E-state index contributed by atoms with van der Waals surface area (Å²) < 4.78 is 0. The standard InChI is InChI=1S/C41H77NO2/c1-5-7-9-11-13-15-17-19-21-23-25-27-29-31-33-35-39(43)37-38-40(42(3)4)41(44)36-34-32-30-28-26-24-22-20-18-16-14-12-10-8-6-2/h19-22,40H,5-18,23-38H2,1-4H3/b21-19-,22-20-. The number of hydrogen-bond acceptors (Lipinski definition) is 3. The molecule has 0 saturated carbocycles. The van der Waals surface area contributed by atoms with Crippen molar-refractivity contribution in [1.29, 1.82) is 0 Å². The van der Waals surface area contributed by atoms with Crippen LogP contribution >= 0.6 is 0 Å². The van der Waals surface area contributed by atoms with Crippen molar-refractivity contribution in [2.45, 2.75) is 213 Å². The lowest BCUT2D eigenvalue weighted by Crippen LogP contribution is -2.36. The van der Waals surface area contributed by atoms with Gasteiger partial charge in [0, 0.05) is 19.3 Å². The van der Waals surface area contributed by atoms with Crippen LogP contribution in [-0.2, 0) is 9.59 Å². The van der Waals surface area contributed by atoms with Gasteiger partial charge in [-0.05, 0) is 84.7 Å². The van der Waals surface area contributed by atoms with Gasteiger partial charge in [-0.25, -0.2) is 0 Å². The van der Waals surface area contributed by atoms with Crippen LogP contribution in [0.4, 0.5) is 0 Å². The van der Waals surface area contributed by atoms with Crippen LogP contribution in [0.25, 0.3) is 0 Å². The molecule has 0 aromatic rings. The van der Waals surface area contributed by atoms with Crippen LogP contribution in [0.2, 0.25) is 0 Å². The van der Waals surface area contributed by atoms with E-state index in [9.17, 15) is 9.59 Å². The fraction of sp³-hybridized carbons (Fsp3) is 0.854. The zero-order valence-electron chi connectivity index (χ0n) is 30.4. The van der Waals surface area contributed by atoms with Crippen molar-refractivity contribution in [3.05, 3.63) is 24.3 Å². The van der Waals surface area contributed by atoms with Crippen LogP contribution in [0.5, 0.6) is 0 Å². The minimum absolute atomic E-state index is 0.107. The lowest BCUT2D eigenvalue weighted by molar-refractivity contribution is -0.124. The predicted octanol–water partition coefficient (Wildman–Crippen LogP) is 12.9. The molecule has 0 radical (unpaired) electrons. The van der Waals surface area contributed by atoms with E-state index in [2.05, 4.69) is 38.2 Å². The van der Waals surface area contributed by atoms with Gasteiger partial charge in [0.05, 0.1) is 6.04 Å². The number of carbonyl (C=O) groups is 2. The molecule has 0 rings (SSSR count). The highest BCUT2D eigenvalue weighted by Crippen LogP contribution is 2.15. The van der Waals surface area contributed by atoms with Gasteiger partial charge in [-0.2, -0.15) is 0 Å². The molecule has 0 amide bonds. The van der Waals surface area contributed by atoms with Gasteiger partial charge in [0.2, 0.25) is 0 Å². The van der Waals surface area contributed by atoms with Gasteiger partial charge in [0.1, 0.15) is 11.6 Å². The molecule has 0 aliphatic rings. The molecule has 0 aliphatic heterocycles. The van der Waals surface area contributed by atoms with E-state index in [4.69, 9.17) is 0 Å². The minimum atomic E-state index is -0.107. The fourth-order valence-electron chi connectivity index (χ4n) is 6.06. The smallest absolute Gasteiger partial charge is 0.149 e. The molecule has 258 valence electrons. The lowest BCUT2D eigenvalue weighted by atomic mass is 9.97. The van der Waals surface area contributed by atoms with Crippen LogP contribution in [0, 0.1) is 0 Å². The van der Waals surface area contributed by atoms with E-state index in [0.717, 1.165) is 25.7 Å². The molecule has 44 heavy (non-hydrogen) atoms. The molecule has 0 heterocycles. The normalized spacial score (nSPS) is 12.7. The molecule has 0 aliphatic carbocycles. The maximum Gasteiger partial charge on any atom is 0.149 e. The maximum atomic E-state index is 12.9. The van der Waals surface area contributed by atoms with E-state index < -0.39 is 0 Å². The van der Waals surface area contributed by atoms with Crippen molar-refractivity contribution in [2.24, 2.45) is 0 Å². The molecule has 0 aromatic carbocycles. The van der Waals surface area contributed by atoms with Crippen molar-refractivity contribution < 1.29 is 9.59 Å². The number of carbonyl (C=O) groups excluding carboxylic acids is 2. The van der Waals surface area contributed by atoms with Gasteiger partial charge in [-0.15, -0.1) is 0 Å². The summed E-state index contributed by atoms with van der Waals surface area (Å²) in [5.41, 5.74) is 0. The summed E-state index contributed by atoms with van der Waals surface area (Å²) in [7, 11) is 3.97. The van der Waals surface area contributed by atoms with Crippen LogP contribution in [0.15, 0.2) is 24.3 Å². The van der Waals surface area contributed by atoms with E-state index in [1.165, 1.54) is 141 Å². The Morgan fingerprint density at radius 1 is 0.455 bits per heavy atom. The Kier molecular flexibility index (Phi) is 33.7. The van der Waals surface area contributed by atoms with Crippen molar-refractivity contribution in [2.75, 3.05) is 14.1 Å². The van der Waals surface area contributed by atoms with Gasteiger partial charge in [-0.3, -0.25) is 14.5 Å². The SMILES string of the molecule is CCCCCCCC/C=C\CCCCCCCC(=O)CCC(C(=O)CCCCCCC/C=C\CCCCCCCC)N(C)C. The molecule has 0 bridgehead atoms. The van der Waals surface area contributed by atoms with Crippen molar-refractivity contribution >= 4 is 11.6 Å². The molecule has 0 spiro atoms. The van der Waals surface area contributed by atoms with E-state index in [1.807, 2.05) is 19.0 Å². The number of hydrogen-bond donors (Lipinski definition) is 0. The Balaban J connectivity index is 3.71. The van der Waals surface area contributed by atoms with Gasteiger partial charge in [-0.1, -0.05) is 141 Å². The first-order chi connectivity index (χ1) is 21.5. The Bertz CT molecular complexity index is 680. The van der Waals surface area contributed by atoms with Crippen molar-refractivity contribution in [3.63, 3.8) is 0 Å². The summed E-state index contributed by atoms with van der Waals surface area (Å²) in [4.78, 5) is 27.4. The maximum absolute atomic E-state index is 12.9. The third kappa shape index (κ3) is 30.8. The summed E-state index contributed by atoms with van der Waals surface area (Å²) in [6.07, 6.45) is 45.2. The molecule has 0 aromatic heterocycles. The van der Waals surface area contributed by atoms with E-state index in [1.54, 1.807) is 0 Å². The summed E-state index contributed by atoms with van der Waals surface area (Å²) in [6, 6.07) is -0.107. The Hall–Kier alpha value is -1.22. The average Bonchev–Trinajstić information content (AvgIpc) is 3.01. The minimum Gasteiger partial charge on any atom is -0.300 e. The highest BCUT2D eigenvalue weighted by Gasteiger charge is 2.21. The Morgan fingerprint density at radius 2 is 0.795 bits per heavy atom. The summed E-state index contributed by atoms with van der Waals surface area (Å²) >= 11 is 0. The highest BCUT2D eigenvalue weighted by atomic mass is 16.1. The quantitative estimate of drug-likeness (QED) is 0.0526. The van der Waals surface area contributed by atoms with Gasteiger partial charge < -0.3 is 0 Å². The number of nitrogens with zero attached hydrogens (tertiary/aromatic N) is 1. The second kappa shape index (κ2) is 34.6. The lowest BCUT2D eigenvalue weighted by Gasteiger charge is -2.22. The Morgan fingerprint density at radius 3 is 1.18 bits per heavy atom. The molecule has 3 heteroatoms. The topological polar surface area (TPSA) is 37.4 Å². The Labute approximate surface area is 276 Å². The van der Waals surface area contributed by atoms with Gasteiger partial charge in [0.25, 0.3) is 0 Å². The first kappa shape index (κ1) is 42.8. The molecule has 0 N–H and O–H groups in total. The first-order valence-electron chi connectivity index (χ1n) is 19.5. The second-order valence-corrected chi connectivity index (χ2v) is 13.7. The zero-order chi connectivity index (χ0) is 32.4. The largest absolute Gasteiger partial charge is 0.300 e. The van der Waals surface area contributed by atoms with E-state index in [0.29, 0.717) is 37.2 Å². The molecule has 3 nitrogen and oxygen atoms in total.